The predicted molar refractivity (Wildman–Crippen MR) is 126 cm³/mol. The van der Waals surface area contributed by atoms with Crippen molar-refractivity contribution in [1.29, 1.82) is 0 Å². The minimum absolute atomic E-state index is 0.731. The maximum atomic E-state index is 4.59. The van der Waals surface area contributed by atoms with Gasteiger partial charge in [-0.1, -0.05) is 121 Å². The number of aromatic nitrogens is 4. The van der Waals surface area contributed by atoms with Gasteiger partial charge in [0.15, 0.2) is 5.82 Å². The van der Waals surface area contributed by atoms with Gasteiger partial charge in [-0.2, -0.15) is 0 Å². The van der Waals surface area contributed by atoms with Crippen LogP contribution in [0.2, 0.25) is 0 Å². The third-order valence-corrected chi connectivity index (χ3v) is 5.75. The molecule has 0 aliphatic heterocycles. The molecular formula is C26H21BN4. The van der Waals surface area contributed by atoms with Gasteiger partial charge in [-0.25, -0.2) is 4.68 Å². The Hall–Kier alpha value is -3.99. The highest BCUT2D eigenvalue weighted by molar-refractivity contribution is 6.35. The molecule has 0 bridgehead atoms. The number of benzene rings is 4. The first kappa shape index (κ1) is 19.0. The molecule has 5 aromatic rings. The van der Waals surface area contributed by atoms with Crippen molar-refractivity contribution in [2.75, 3.05) is 0 Å². The average Bonchev–Trinajstić information content (AvgIpc) is 3.32. The SMILES string of the molecule is Bc1ccccc1-c1nnnn1C(c1ccccc1)(c1ccccc1)c1ccccc1. The summed E-state index contributed by atoms with van der Waals surface area (Å²) < 4.78 is 1.97. The van der Waals surface area contributed by atoms with Crippen LogP contribution in [0.5, 0.6) is 0 Å². The Kier molecular flexibility index (Phi) is 4.93. The summed E-state index contributed by atoms with van der Waals surface area (Å²) in [4.78, 5) is 0. The lowest BCUT2D eigenvalue weighted by Gasteiger charge is -2.36. The molecule has 5 rings (SSSR count). The van der Waals surface area contributed by atoms with E-state index in [1.165, 1.54) is 0 Å². The van der Waals surface area contributed by atoms with Crippen LogP contribution in [0.4, 0.5) is 0 Å². The summed E-state index contributed by atoms with van der Waals surface area (Å²) in [5.41, 5.74) is 4.69. The Labute approximate surface area is 182 Å². The molecule has 0 atom stereocenters. The lowest BCUT2D eigenvalue weighted by molar-refractivity contribution is 0.451. The lowest BCUT2D eigenvalue weighted by atomic mass is 9.76. The highest BCUT2D eigenvalue weighted by Crippen LogP contribution is 2.41. The zero-order valence-electron chi connectivity index (χ0n) is 17.3. The second-order valence-corrected chi connectivity index (χ2v) is 7.54. The summed E-state index contributed by atoms with van der Waals surface area (Å²) in [7, 11) is 2.09. The molecule has 0 saturated heterocycles. The predicted octanol–water partition coefficient (Wildman–Crippen LogP) is 3.44. The van der Waals surface area contributed by atoms with Crippen molar-refractivity contribution in [2.45, 2.75) is 5.54 Å². The standard InChI is InChI=1S/C26H21BN4/c27-24-19-11-10-18-23(24)25-28-29-30-31(25)26(20-12-4-1-5-13-20,21-14-6-2-7-15-21)22-16-8-3-9-17-22/h1-19H,27H2. The van der Waals surface area contributed by atoms with Crippen molar-refractivity contribution < 1.29 is 0 Å². The maximum Gasteiger partial charge on any atom is 0.183 e. The van der Waals surface area contributed by atoms with Gasteiger partial charge in [-0.05, 0) is 27.1 Å². The Morgan fingerprint density at radius 2 is 1.03 bits per heavy atom. The molecule has 31 heavy (non-hydrogen) atoms. The van der Waals surface area contributed by atoms with E-state index in [9.17, 15) is 0 Å². The van der Waals surface area contributed by atoms with Crippen LogP contribution in [0.3, 0.4) is 0 Å². The fourth-order valence-corrected chi connectivity index (χ4v) is 4.31. The molecule has 4 nitrogen and oxygen atoms in total. The molecule has 0 radical (unpaired) electrons. The van der Waals surface area contributed by atoms with Crippen LogP contribution in [0, 0.1) is 0 Å². The number of tetrazole rings is 1. The summed E-state index contributed by atoms with van der Waals surface area (Å²) in [6, 6.07) is 39.6. The summed E-state index contributed by atoms with van der Waals surface area (Å²) in [6.45, 7) is 0. The number of hydrogen-bond donors (Lipinski definition) is 0. The quantitative estimate of drug-likeness (QED) is 0.335. The smallest absolute Gasteiger partial charge is 0.183 e. The third-order valence-electron chi connectivity index (χ3n) is 5.75. The highest BCUT2D eigenvalue weighted by atomic mass is 15.6. The summed E-state index contributed by atoms with van der Waals surface area (Å²) in [6.07, 6.45) is 0. The molecular weight excluding hydrogens is 379 g/mol. The molecule has 5 heteroatoms. The molecule has 0 saturated carbocycles. The zero-order chi connectivity index (χ0) is 21.1. The molecule has 1 heterocycles. The van der Waals surface area contributed by atoms with Crippen LogP contribution in [0.1, 0.15) is 16.7 Å². The van der Waals surface area contributed by atoms with Crippen LogP contribution in [0.25, 0.3) is 11.4 Å². The molecule has 0 amide bonds. The molecule has 0 fully saturated rings. The first-order valence-electron chi connectivity index (χ1n) is 10.3. The van der Waals surface area contributed by atoms with E-state index >= 15 is 0 Å². The highest BCUT2D eigenvalue weighted by Gasteiger charge is 2.41. The van der Waals surface area contributed by atoms with Crippen molar-refractivity contribution in [3.63, 3.8) is 0 Å². The molecule has 0 N–H and O–H groups in total. The van der Waals surface area contributed by atoms with Gasteiger partial charge in [0.25, 0.3) is 0 Å². The van der Waals surface area contributed by atoms with Crippen LogP contribution in [-0.2, 0) is 5.54 Å². The Morgan fingerprint density at radius 1 is 0.581 bits per heavy atom. The molecule has 0 spiro atoms. The van der Waals surface area contributed by atoms with Gasteiger partial charge < -0.3 is 0 Å². The van der Waals surface area contributed by atoms with Gasteiger partial charge in [0.2, 0.25) is 0 Å². The Bertz CT molecular complexity index is 1190. The minimum atomic E-state index is -0.731. The van der Waals surface area contributed by atoms with Crippen molar-refractivity contribution in [3.8, 4) is 11.4 Å². The van der Waals surface area contributed by atoms with E-state index < -0.39 is 5.54 Å². The van der Waals surface area contributed by atoms with E-state index in [2.05, 4.69) is 108 Å². The first-order valence-corrected chi connectivity index (χ1v) is 10.3. The third kappa shape index (κ3) is 3.15. The van der Waals surface area contributed by atoms with Gasteiger partial charge >= 0.3 is 0 Å². The van der Waals surface area contributed by atoms with E-state index in [4.69, 9.17) is 0 Å². The summed E-state index contributed by atoms with van der Waals surface area (Å²) in [5, 5.41) is 13.2. The number of hydrogen-bond acceptors (Lipinski definition) is 3. The van der Waals surface area contributed by atoms with Gasteiger partial charge in [0.05, 0.1) is 0 Å². The maximum absolute atomic E-state index is 4.59. The van der Waals surface area contributed by atoms with Gasteiger partial charge in [-0.3, -0.25) is 0 Å². The van der Waals surface area contributed by atoms with Crippen molar-refractivity contribution in [3.05, 3.63) is 132 Å². The average molecular weight is 400 g/mol. The fraction of sp³-hybridized carbons (Fsp3) is 0.0385. The number of nitrogens with zero attached hydrogens (tertiary/aromatic N) is 4. The van der Waals surface area contributed by atoms with Gasteiger partial charge in [0, 0.05) is 5.56 Å². The van der Waals surface area contributed by atoms with Gasteiger partial charge in [-0.15, -0.1) is 5.10 Å². The summed E-state index contributed by atoms with van der Waals surface area (Å²) >= 11 is 0. The van der Waals surface area contributed by atoms with Crippen molar-refractivity contribution in [1.82, 2.24) is 20.2 Å². The van der Waals surface area contributed by atoms with E-state index in [1.54, 1.807) is 0 Å². The van der Waals surface area contributed by atoms with E-state index in [1.807, 2.05) is 35.0 Å². The molecule has 0 aliphatic carbocycles. The van der Waals surface area contributed by atoms with Gasteiger partial charge in [0.1, 0.15) is 13.4 Å². The Morgan fingerprint density at radius 3 is 1.52 bits per heavy atom. The summed E-state index contributed by atoms with van der Waals surface area (Å²) in [5.74, 6) is 0.731. The van der Waals surface area contributed by atoms with E-state index in [0.29, 0.717) is 0 Å². The van der Waals surface area contributed by atoms with Crippen molar-refractivity contribution >= 4 is 13.3 Å². The van der Waals surface area contributed by atoms with Crippen LogP contribution in [-0.4, -0.2) is 28.1 Å². The molecule has 0 unspecified atom stereocenters. The van der Waals surface area contributed by atoms with E-state index in [-0.39, 0.29) is 0 Å². The largest absolute Gasteiger partial charge is 0.206 e. The van der Waals surface area contributed by atoms with Crippen molar-refractivity contribution in [2.24, 2.45) is 0 Å². The fourth-order valence-electron chi connectivity index (χ4n) is 4.31. The molecule has 4 aromatic carbocycles. The van der Waals surface area contributed by atoms with E-state index in [0.717, 1.165) is 33.5 Å². The second-order valence-electron chi connectivity index (χ2n) is 7.54. The Balaban J connectivity index is 1.92. The zero-order valence-corrected chi connectivity index (χ0v) is 17.3. The number of rotatable bonds is 5. The van der Waals surface area contributed by atoms with Crippen LogP contribution >= 0.6 is 0 Å². The van der Waals surface area contributed by atoms with Crippen LogP contribution < -0.4 is 5.46 Å². The van der Waals surface area contributed by atoms with Crippen LogP contribution in [0.15, 0.2) is 115 Å². The molecule has 148 valence electrons. The first-order chi connectivity index (χ1) is 15.3. The monoisotopic (exact) mass is 400 g/mol. The lowest BCUT2D eigenvalue weighted by Crippen LogP contribution is -2.39. The second kappa shape index (κ2) is 8.03. The minimum Gasteiger partial charge on any atom is -0.206 e. The molecule has 0 aliphatic rings. The normalized spacial score (nSPS) is 11.4. The topological polar surface area (TPSA) is 43.6 Å². The molecule has 1 aromatic heterocycles.